The van der Waals surface area contributed by atoms with Gasteiger partial charge in [0.25, 0.3) is 5.91 Å². The van der Waals surface area contributed by atoms with E-state index in [2.05, 4.69) is 26.5 Å². The molecule has 0 aliphatic heterocycles. The second-order valence-corrected chi connectivity index (χ2v) is 4.99. The van der Waals surface area contributed by atoms with Gasteiger partial charge in [0, 0.05) is 17.2 Å². The minimum atomic E-state index is -0.241. The van der Waals surface area contributed by atoms with Crippen molar-refractivity contribution in [3.05, 3.63) is 57.8 Å². The Morgan fingerprint density at radius 3 is 2.68 bits per heavy atom. The second-order valence-electron chi connectivity index (χ2n) is 4.14. The Labute approximate surface area is 120 Å². The monoisotopic (exact) mass is 319 g/mol. The largest absolute Gasteiger partial charge is 0.347 e. The molecule has 19 heavy (non-hydrogen) atoms. The predicted molar refractivity (Wildman–Crippen MR) is 79.4 cm³/mol. The van der Waals surface area contributed by atoms with Crippen molar-refractivity contribution in [1.82, 2.24) is 9.99 Å². The van der Waals surface area contributed by atoms with Gasteiger partial charge in [-0.2, -0.15) is 5.10 Å². The normalized spacial score (nSPS) is 10.9. The van der Waals surface area contributed by atoms with E-state index in [0.717, 1.165) is 15.9 Å². The fourth-order valence-corrected chi connectivity index (χ4v) is 2.09. The third-order valence-electron chi connectivity index (χ3n) is 2.89. The number of aryl methyl sites for hydroxylation is 1. The predicted octanol–water partition coefficient (Wildman–Crippen LogP) is 2.86. The first-order chi connectivity index (χ1) is 9.09. The van der Waals surface area contributed by atoms with Crippen LogP contribution >= 0.6 is 15.9 Å². The number of nitrogens with zero attached hydrogens (tertiary/aromatic N) is 2. The van der Waals surface area contributed by atoms with Crippen LogP contribution in [0.25, 0.3) is 0 Å². The van der Waals surface area contributed by atoms with Crippen LogP contribution in [0, 0.1) is 6.92 Å². The number of carbonyl (C=O) groups excluding carboxylic acids is 1. The summed E-state index contributed by atoms with van der Waals surface area (Å²) < 4.78 is 2.74. The van der Waals surface area contributed by atoms with Gasteiger partial charge in [-0.3, -0.25) is 4.79 Å². The Morgan fingerprint density at radius 2 is 2.05 bits per heavy atom. The lowest BCUT2D eigenvalue weighted by molar-refractivity contribution is 0.0954. The molecular formula is C14H14BrN3O. The molecular weight excluding hydrogens is 306 g/mol. The lowest BCUT2D eigenvalue weighted by atomic mass is 10.2. The van der Waals surface area contributed by atoms with Crippen molar-refractivity contribution in [2.75, 3.05) is 0 Å². The van der Waals surface area contributed by atoms with Crippen molar-refractivity contribution in [2.45, 2.75) is 6.92 Å². The molecule has 0 atom stereocenters. The Balaban J connectivity index is 2.05. The summed E-state index contributed by atoms with van der Waals surface area (Å²) in [6, 6.07) is 11.2. The summed E-state index contributed by atoms with van der Waals surface area (Å²) in [4.78, 5) is 11.9. The van der Waals surface area contributed by atoms with Gasteiger partial charge in [0.05, 0.1) is 17.5 Å². The maximum Gasteiger partial charge on any atom is 0.272 e. The fraction of sp³-hybridized carbons (Fsp3) is 0.143. The smallest absolute Gasteiger partial charge is 0.272 e. The molecule has 0 aliphatic rings. The van der Waals surface area contributed by atoms with Crippen molar-refractivity contribution in [1.29, 1.82) is 0 Å². The lowest BCUT2D eigenvalue weighted by Crippen LogP contribution is -2.18. The fourth-order valence-electron chi connectivity index (χ4n) is 1.63. The summed E-state index contributed by atoms with van der Waals surface area (Å²) in [6.07, 6.45) is 1.63. The molecule has 98 valence electrons. The Kier molecular flexibility index (Phi) is 4.16. The molecule has 1 N–H and O–H groups in total. The molecule has 0 fully saturated rings. The van der Waals surface area contributed by atoms with Gasteiger partial charge < -0.3 is 4.57 Å². The molecule has 0 spiro atoms. The third kappa shape index (κ3) is 3.12. The molecule has 0 saturated heterocycles. The van der Waals surface area contributed by atoms with Gasteiger partial charge in [-0.1, -0.05) is 12.1 Å². The van der Waals surface area contributed by atoms with E-state index in [0.29, 0.717) is 5.56 Å². The number of amides is 1. The number of benzene rings is 1. The maximum absolute atomic E-state index is 11.9. The van der Waals surface area contributed by atoms with Crippen molar-refractivity contribution in [3.63, 3.8) is 0 Å². The van der Waals surface area contributed by atoms with Crippen molar-refractivity contribution in [2.24, 2.45) is 12.1 Å². The SMILES string of the molecule is Cc1ccc(/C=N/NC(=O)c2ccccc2Br)n1C. The molecule has 5 heteroatoms. The standard InChI is InChI=1S/C14H14BrN3O/c1-10-7-8-11(18(10)2)9-16-17-14(19)12-5-3-4-6-13(12)15/h3-9H,1-2H3,(H,17,19)/b16-9+. The van der Waals surface area contributed by atoms with E-state index < -0.39 is 0 Å². The second kappa shape index (κ2) is 5.84. The van der Waals surface area contributed by atoms with Crippen molar-refractivity contribution >= 4 is 28.1 Å². The average Bonchev–Trinajstić information content (AvgIpc) is 2.71. The average molecular weight is 320 g/mol. The van der Waals surface area contributed by atoms with Crippen LogP contribution in [0.3, 0.4) is 0 Å². The summed E-state index contributed by atoms with van der Waals surface area (Å²) in [5.74, 6) is -0.241. The number of aromatic nitrogens is 1. The van der Waals surface area contributed by atoms with Crippen LogP contribution in [-0.4, -0.2) is 16.7 Å². The number of halogens is 1. The minimum absolute atomic E-state index is 0.241. The Morgan fingerprint density at radius 1 is 1.32 bits per heavy atom. The van der Waals surface area contributed by atoms with E-state index in [1.54, 1.807) is 12.3 Å². The van der Waals surface area contributed by atoms with Gasteiger partial charge >= 0.3 is 0 Å². The van der Waals surface area contributed by atoms with Crippen LogP contribution in [0.4, 0.5) is 0 Å². The Hall–Kier alpha value is -1.88. The summed E-state index contributed by atoms with van der Waals surface area (Å²) in [5, 5.41) is 3.97. The van der Waals surface area contributed by atoms with Crippen LogP contribution in [-0.2, 0) is 7.05 Å². The van der Waals surface area contributed by atoms with E-state index in [4.69, 9.17) is 0 Å². The zero-order chi connectivity index (χ0) is 13.8. The molecule has 1 heterocycles. The van der Waals surface area contributed by atoms with Gasteiger partial charge in [-0.25, -0.2) is 5.43 Å². The van der Waals surface area contributed by atoms with Crippen LogP contribution < -0.4 is 5.43 Å². The molecule has 0 bridgehead atoms. The van der Waals surface area contributed by atoms with Gasteiger partial charge in [0.15, 0.2) is 0 Å². The summed E-state index contributed by atoms with van der Waals surface area (Å²) in [5.41, 5.74) is 5.14. The number of hydrogen-bond donors (Lipinski definition) is 1. The molecule has 0 radical (unpaired) electrons. The van der Waals surface area contributed by atoms with Gasteiger partial charge in [-0.15, -0.1) is 0 Å². The van der Waals surface area contributed by atoms with Gasteiger partial charge in [0.1, 0.15) is 0 Å². The molecule has 2 rings (SSSR count). The number of hydrazone groups is 1. The number of carbonyl (C=O) groups is 1. The first kappa shape index (κ1) is 13.5. The highest BCUT2D eigenvalue weighted by Crippen LogP contribution is 2.15. The molecule has 2 aromatic rings. The van der Waals surface area contributed by atoms with Gasteiger partial charge in [0.2, 0.25) is 0 Å². The van der Waals surface area contributed by atoms with Crippen LogP contribution in [0.5, 0.6) is 0 Å². The van der Waals surface area contributed by atoms with Crippen molar-refractivity contribution < 1.29 is 4.79 Å². The molecule has 0 saturated carbocycles. The van der Waals surface area contributed by atoms with Gasteiger partial charge in [-0.05, 0) is 47.1 Å². The van der Waals surface area contributed by atoms with E-state index >= 15 is 0 Å². The molecule has 1 amide bonds. The molecule has 0 aliphatic carbocycles. The maximum atomic E-state index is 11.9. The number of hydrogen-bond acceptors (Lipinski definition) is 2. The summed E-state index contributed by atoms with van der Waals surface area (Å²) >= 11 is 3.33. The topological polar surface area (TPSA) is 46.4 Å². The third-order valence-corrected chi connectivity index (χ3v) is 3.58. The quantitative estimate of drug-likeness (QED) is 0.686. The Bertz CT molecular complexity index is 631. The lowest BCUT2D eigenvalue weighted by Gasteiger charge is -2.02. The number of rotatable bonds is 3. The zero-order valence-electron chi connectivity index (χ0n) is 10.7. The van der Waals surface area contributed by atoms with Crippen LogP contribution in [0.15, 0.2) is 46.0 Å². The zero-order valence-corrected chi connectivity index (χ0v) is 12.3. The highest BCUT2D eigenvalue weighted by Gasteiger charge is 2.07. The summed E-state index contributed by atoms with van der Waals surface area (Å²) in [7, 11) is 1.95. The first-order valence-corrected chi connectivity index (χ1v) is 6.59. The first-order valence-electron chi connectivity index (χ1n) is 5.80. The molecule has 0 unspecified atom stereocenters. The van der Waals surface area contributed by atoms with Crippen LogP contribution in [0.1, 0.15) is 21.7 Å². The molecule has 1 aromatic heterocycles. The van der Waals surface area contributed by atoms with E-state index in [-0.39, 0.29) is 5.91 Å². The van der Waals surface area contributed by atoms with E-state index in [1.807, 2.05) is 48.9 Å². The minimum Gasteiger partial charge on any atom is -0.347 e. The van der Waals surface area contributed by atoms with E-state index in [1.165, 1.54) is 0 Å². The van der Waals surface area contributed by atoms with Crippen molar-refractivity contribution in [3.8, 4) is 0 Å². The highest BCUT2D eigenvalue weighted by molar-refractivity contribution is 9.10. The molecule has 4 nitrogen and oxygen atoms in total. The van der Waals surface area contributed by atoms with E-state index in [9.17, 15) is 4.79 Å². The highest BCUT2D eigenvalue weighted by atomic mass is 79.9. The number of nitrogens with one attached hydrogen (secondary N) is 1. The summed E-state index contributed by atoms with van der Waals surface area (Å²) in [6.45, 7) is 2.01. The molecule has 1 aromatic carbocycles. The van der Waals surface area contributed by atoms with Crippen LogP contribution in [0.2, 0.25) is 0 Å².